The van der Waals surface area contributed by atoms with Gasteiger partial charge in [0.25, 0.3) is 0 Å². The lowest BCUT2D eigenvalue weighted by atomic mass is 9.93. The number of hydrogen-bond donors (Lipinski definition) is 2. The smallest absolute Gasteiger partial charge is 0.319 e. The van der Waals surface area contributed by atoms with Crippen molar-refractivity contribution < 1.29 is 23.7 Å². The molecule has 1 aliphatic carbocycles. The molecular weight excluding hydrogens is 386 g/mol. The van der Waals surface area contributed by atoms with Crippen LogP contribution >= 0.6 is 0 Å². The molecule has 1 aliphatic rings. The zero-order chi connectivity index (χ0) is 21.5. The monoisotopic (exact) mass is 415 g/mol. The Labute approximate surface area is 176 Å². The summed E-state index contributed by atoms with van der Waals surface area (Å²) >= 11 is 0. The van der Waals surface area contributed by atoms with Crippen LogP contribution in [0.1, 0.15) is 31.2 Å². The van der Waals surface area contributed by atoms with Crippen molar-refractivity contribution in [1.29, 1.82) is 0 Å². The second-order valence-corrected chi connectivity index (χ2v) is 7.28. The Balaban J connectivity index is 1.51. The van der Waals surface area contributed by atoms with Crippen LogP contribution in [-0.2, 0) is 0 Å². The lowest BCUT2D eigenvalue weighted by Gasteiger charge is -2.29. The van der Waals surface area contributed by atoms with E-state index in [2.05, 4.69) is 15.6 Å². The van der Waals surface area contributed by atoms with E-state index >= 15 is 0 Å². The number of hydrogen-bond acceptors (Lipinski definition) is 6. The molecule has 0 unspecified atom stereocenters. The number of carbonyl (C=O) groups is 1. The quantitative estimate of drug-likeness (QED) is 0.712. The maximum Gasteiger partial charge on any atom is 0.319 e. The van der Waals surface area contributed by atoms with Gasteiger partial charge in [0.1, 0.15) is 6.10 Å². The third-order valence-corrected chi connectivity index (χ3v) is 5.10. The van der Waals surface area contributed by atoms with Gasteiger partial charge in [-0.1, -0.05) is 6.07 Å². The van der Waals surface area contributed by atoms with Crippen LogP contribution in [0.25, 0.3) is 0 Å². The van der Waals surface area contributed by atoms with Gasteiger partial charge in [0.2, 0.25) is 11.6 Å². The van der Waals surface area contributed by atoms with Crippen LogP contribution in [-0.4, -0.2) is 44.5 Å². The number of aromatic nitrogens is 1. The van der Waals surface area contributed by atoms with Gasteiger partial charge in [0.05, 0.1) is 27.0 Å². The first kappa shape index (κ1) is 21.5. The topological polar surface area (TPSA) is 90.9 Å². The fourth-order valence-corrected chi connectivity index (χ4v) is 3.53. The lowest BCUT2D eigenvalue weighted by Crippen LogP contribution is -2.41. The van der Waals surface area contributed by atoms with E-state index in [1.54, 1.807) is 18.3 Å². The molecule has 1 heterocycles. The van der Waals surface area contributed by atoms with E-state index in [-0.39, 0.29) is 18.2 Å². The van der Waals surface area contributed by atoms with Crippen LogP contribution in [0.4, 0.5) is 10.5 Å². The van der Waals surface area contributed by atoms with Crippen molar-refractivity contribution in [2.24, 2.45) is 0 Å². The summed E-state index contributed by atoms with van der Waals surface area (Å²) in [6.45, 7) is 2.00. The Hall–Kier alpha value is -3.16. The molecule has 3 rings (SSSR count). The number of nitrogens with one attached hydrogen (secondary N) is 2. The number of nitrogens with zero attached hydrogens (tertiary/aromatic N) is 1. The molecule has 2 N–H and O–H groups in total. The first-order valence-electron chi connectivity index (χ1n) is 9.99. The SMILES string of the molecule is COc1cc(NC(=O)NC2CCC(Oc3ccc(C)cn3)CC2)cc(OC)c1OC. The first-order valence-corrected chi connectivity index (χ1v) is 9.99. The number of anilines is 1. The number of aryl methyl sites for hydroxylation is 1. The molecule has 1 fully saturated rings. The fourth-order valence-electron chi connectivity index (χ4n) is 3.53. The van der Waals surface area contributed by atoms with E-state index in [0.29, 0.717) is 28.8 Å². The number of rotatable bonds is 7. The van der Waals surface area contributed by atoms with Gasteiger partial charge in [-0.05, 0) is 38.2 Å². The molecule has 1 aromatic heterocycles. The van der Waals surface area contributed by atoms with Crippen molar-refractivity contribution in [3.8, 4) is 23.1 Å². The zero-order valence-corrected chi connectivity index (χ0v) is 17.9. The maximum absolute atomic E-state index is 12.5. The molecule has 0 aliphatic heterocycles. The van der Waals surface area contributed by atoms with Gasteiger partial charge >= 0.3 is 6.03 Å². The second-order valence-electron chi connectivity index (χ2n) is 7.28. The summed E-state index contributed by atoms with van der Waals surface area (Å²) < 4.78 is 21.9. The molecule has 8 nitrogen and oxygen atoms in total. The number of amides is 2. The summed E-state index contributed by atoms with van der Waals surface area (Å²) in [6, 6.07) is 7.10. The molecule has 162 valence electrons. The van der Waals surface area contributed by atoms with E-state index in [0.717, 1.165) is 31.2 Å². The van der Waals surface area contributed by atoms with Crippen LogP contribution in [0.15, 0.2) is 30.5 Å². The summed E-state index contributed by atoms with van der Waals surface area (Å²) in [5, 5.41) is 5.87. The van der Waals surface area contributed by atoms with Gasteiger partial charge in [-0.3, -0.25) is 0 Å². The minimum absolute atomic E-state index is 0.0952. The molecule has 0 bridgehead atoms. The average Bonchev–Trinajstić information content (AvgIpc) is 2.75. The van der Waals surface area contributed by atoms with Gasteiger partial charge in [-0.2, -0.15) is 0 Å². The standard InChI is InChI=1S/C22H29N3O5/c1-14-5-10-20(23-13-14)30-17-8-6-15(7-9-17)24-22(26)25-16-11-18(27-2)21(29-4)19(12-16)28-3/h5,10-13,15,17H,6-9H2,1-4H3,(H2,24,25,26). The van der Waals surface area contributed by atoms with Crippen molar-refractivity contribution in [2.45, 2.75) is 44.8 Å². The van der Waals surface area contributed by atoms with Crippen LogP contribution < -0.4 is 29.6 Å². The normalized spacial score (nSPS) is 18.3. The van der Waals surface area contributed by atoms with Gasteiger partial charge in [-0.15, -0.1) is 0 Å². The minimum Gasteiger partial charge on any atom is -0.493 e. The van der Waals surface area contributed by atoms with E-state index in [9.17, 15) is 4.79 Å². The predicted molar refractivity (Wildman–Crippen MR) is 114 cm³/mol. The third-order valence-electron chi connectivity index (χ3n) is 5.10. The highest BCUT2D eigenvalue weighted by molar-refractivity contribution is 5.90. The van der Waals surface area contributed by atoms with Crippen LogP contribution in [0.2, 0.25) is 0 Å². The van der Waals surface area contributed by atoms with Crippen molar-refractivity contribution in [3.63, 3.8) is 0 Å². The van der Waals surface area contributed by atoms with E-state index in [4.69, 9.17) is 18.9 Å². The molecule has 0 atom stereocenters. The largest absolute Gasteiger partial charge is 0.493 e. The Bertz CT molecular complexity index is 823. The number of pyridine rings is 1. The van der Waals surface area contributed by atoms with E-state index in [1.165, 1.54) is 21.3 Å². The Morgan fingerprint density at radius 1 is 1.00 bits per heavy atom. The van der Waals surface area contributed by atoms with Crippen LogP contribution in [0.5, 0.6) is 23.1 Å². The highest BCUT2D eigenvalue weighted by Crippen LogP contribution is 2.39. The molecule has 0 spiro atoms. The number of urea groups is 1. The molecule has 0 radical (unpaired) electrons. The van der Waals surface area contributed by atoms with Crippen LogP contribution in [0.3, 0.4) is 0 Å². The Morgan fingerprint density at radius 3 is 2.20 bits per heavy atom. The number of methoxy groups -OCH3 is 3. The van der Waals surface area contributed by atoms with Crippen molar-refractivity contribution in [2.75, 3.05) is 26.6 Å². The maximum atomic E-state index is 12.5. The summed E-state index contributed by atoms with van der Waals surface area (Å²) in [5.74, 6) is 2.09. The molecule has 0 saturated heterocycles. The van der Waals surface area contributed by atoms with Crippen LogP contribution in [0, 0.1) is 6.92 Å². The molecule has 2 amide bonds. The minimum atomic E-state index is -0.270. The summed E-state index contributed by atoms with van der Waals surface area (Å²) in [7, 11) is 4.61. The van der Waals surface area contributed by atoms with Gasteiger partial charge in [-0.25, -0.2) is 9.78 Å². The number of ether oxygens (including phenoxy) is 4. The van der Waals surface area contributed by atoms with Gasteiger partial charge in [0, 0.05) is 30.4 Å². The lowest BCUT2D eigenvalue weighted by molar-refractivity contribution is 0.135. The molecule has 2 aromatic rings. The Kier molecular flexibility index (Phi) is 7.21. The predicted octanol–water partition coefficient (Wildman–Crippen LogP) is 3.93. The fraction of sp³-hybridized carbons (Fsp3) is 0.455. The molecule has 8 heteroatoms. The molecule has 1 aromatic carbocycles. The average molecular weight is 415 g/mol. The number of carbonyl (C=O) groups excluding carboxylic acids is 1. The van der Waals surface area contributed by atoms with Crippen molar-refractivity contribution in [1.82, 2.24) is 10.3 Å². The van der Waals surface area contributed by atoms with Gasteiger partial charge < -0.3 is 29.6 Å². The first-order chi connectivity index (χ1) is 14.5. The van der Waals surface area contributed by atoms with Crippen molar-refractivity contribution >= 4 is 11.7 Å². The van der Waals surface area contributed by atoms with E-state index < -0.39 is 0 Å². The second kappa shape index (κ2) is 10.0. The summed E-state index contributed by atoms with van der Waals surface area (Å²) in [5.41, 5.74) is 1.66. The van der Waals surface area contributed by atoms with Crippen molar-refractivity contribution in [3.05, 3.63) is 36.0 Å². The molecule has 30 heavy (non-hydrogen) atoms. The highest BCUT2D eigenvalue weighted by Gasteiger charge is 2.24. The Morgan fingerprint density at radius 2 is 1.67 bits per heavy atom. The number of benzene rings is 1. The van der Waals surface area contributed by atoms with E-state index in [1.807, 2.05) is 19.1 Å². The zero-order valence-electron chi connectivity index (χ0n) is 17.9. The third kappa shape index (κ3) is 5.46. The molecular formula is C22H29N3O5. The summed E-state index contributed by atoms with van der Waals surface area (Å²) in [4.78, 5) is 16.8. The molecule has 1 saturated carbocycles. The highest BCUT2D eigenvalue weighted by atomic mass is 16.5. The summed E-state index contributed by atoms with van der Waals surface area (Å²) in [6.07, 6.45) is 5.35. The van der Waals surface area contributed by atoms with Gasteiger partial charge in [0.15, 0.2) is 11.5 Å².